The van der Waals surface area contributed by atoms with Gasteiger partial charge in [-0.25, -0.2) is 8.78 Å². The first-order valence-electron chi connectivity index (χ1n) is 4.33. The molecule has 1 amide bonds. The van der Waals surface area contributed by atoms with Crippen molar-refractivity contribution in [2.24, 2.45) is 0 Å². The van der Waals surface area contributed by atoms with Crippen molar-refractivity contribution in [3.63, 3.8) is 0 Å². The fourth-order valence-corrected chi connectivity index (χ4v) is 1.52. The Morgan fingerprint density at radius 3 is 2.85 bits per heavy atom. The summed E-state index contributed by atoms with van der Waals surface area (Å²) in [5.41, 5.74) is 0. The Balaban J connectivity index is 2.27. The van der Waals surface area contributed by atoms with Crippen LogP contribution < -0.4 is 5.32 Å². The zero-order valence-corrected chi connectivity index (χ0v) is 7.59. The van der Waals surface area contributed by atoms with E-state index in [1.54, 1.807) is 11.8 Å². The van der Waals surface area contributed by atoms with E-state index in [0.717, 1.165) is 0 Å². The first kappa shape index (κ1) is 10.4. The van der Waals surface area contributed by atoms with Crippen LogP contribution in [0, 0.1) is 0 Å². The number of alkyl halides is 2. The topological polar surface area (TPSA) is 32.3 Å². The van der Waals surface area contributed by atoms with E-state index in [-0.39, 0.29) is 19.0 Å². The van der Waals surface area contributed by atoms with E-state index in [0.29, 0.717) is 19.5 Å². The molecule has 1 heterocycles. The van der Waals surface area contributed by atoms with Crippen LogP contribution in [0.15, 0.2) is 0 Å². The largest absolute Gasteiger partial charge is 0.355 e. The summed E-state index contributed by atoms with van der Waals surface area (Å²) in [7, 11) is 0. The predicted molar refractivity (Wildman–Crippen MR) is 44.7 cm³/mol. The molecule has 0 aromatic carbocycles. The van der Waals surface area contributed by atoms with Crippen LogP contribution in [-0.4, -0.2) is 42.9 Å². The van der Waals surface area contributed by atoms with Gasteiger partial charge in [-0.3, -0.25) is 9.69 Å². The van der Waals surface area contributed by atoms with Crippen LogP contribution in [0.25, 0.3) is 0 Å². The Hall–Kier alpha value is -0.710. The average Bonchev–Trinajstić information content (AvgIpc) is 2.30. The first-order chi connectivity index (χ1) is 6.03. The number of likely N-dealkylation sites (tertiary alicyclic amines) is 1. The van der Waals surface area contributed by atoms with Gasteiger partial charge in [0.05, 0.1) is 6.54 Å². The Morgan fingerprint density at radius 2 is 2.38 bits per heavy atom. The normalized spacial score (nSPS) is 24.2. The van der Waals surface area contributed by atoms with Gasteiger partial charge in [-0.2, -0.15) is 0 Å². The van der Waals surface area contributed by atoms with E-state index in [4.69, 9.17) is 0 Å². The second-order valence-corrected chi connectivity index (χ2v) is 3.53. The molecule has 0 unspecified atom stereocenters. The monoisotopic (exact) mass is 192 g/mol. The SMILES string of the molecule is C[C@H](CN1CCC(F)(F)C1)NC=O. The smallest absolute Gasteiger partial charge is 0.261 e. The summed E-state index contributed by atoms with van der Waals surface area (Å²) in [6.45, 7) is 2.52. The number of hydrogen-bond donors (Lipinski definition) is 1. The minimum absolute atomic E-state index is 0.0635. The molecule has 0 bridgehead atoms. The lowest BCUT2D eigenvalue weighted by Gasteiger charge is -2.19. The maximum Gasteiger partial charge on any atom is 0.261 e. The molecule has 0 aromatic rings. The molecule has 3 nitrogen and oxygen atoms in total. The lowest BCUT2D eigenvalue weighted by molar-refractivity contribution is -0.110. The van der Waals surface area contributed by atoms with Crippen molar-refractivity contribution in [2.75, 3.05) is 19.6 Å². The first-order valence-corrected chi connectivity index (χ1v) is 4.33. The number of halogens is 2. The minimum atomic E-state index is -2.54. The second kappa shape index (κ2) is 4.00. The van der Waals surface area contributed by atoms with Crippen LogP contribution in [0.1, 0.15) is 13.3 Å². The van der Waals surface area contributed by atoms with Crippen LogP contribution in [0.4, 0.5) is 8.78 Å². The molecule has 0 aliphatic carbocycles. The van der Waals surface area contributed by atoms with Gasteiger partial charge >= 0.3 is 0 Å². The zero-order chi connectivity index (χ0) is 9.90. The summed E-state index contributed by atoms with van der Waals surface area (Å²) in [5, 5.41) is 2.53. The second-order valence-electron chi connectivity index (χ2n) is 3.53. The number of carbonyl (C=O) groups excluding carboxylic acids is 1. The molecular weight excluding hydrogens is 178 g/mol. The van der Waals surface area contributed by atoms with Crippen LogP contribution in [0.2, 0.25) is 0 Å². The van der Waals surface area contributed by atoms with E-state index < -0.39 is 5.92 Å². The fourth-order valence-electron chi connectivity index (χ4n) is 1.52. The van der Waals surface area contributed by atoms with Crippen molar-refractivity contribution < 1.29 is 13.6 Å². The molecule has 76 valence electrons. The number of nitrogens with zero attached hydrogens (tertiary/aromatic N) is 1. The van der Waals surface area contributed by atoms with Crippen molar-refractivity contribution in [1.82, 2.24) is 10.2 Å². The number of amides is 1. The Labute approximate surface area is 76.1 Å². The zero-order valence-electron chi connectivity index (χ0n) is 7.59. The van der Waals surface area contributed by atoms with Gasteiger partial charge < -0.3 is 5.32 Å². The molecule has 1 aliphatic heterocycles. The van der Waals surface area contributed by atoms with Crippen molar-refractivity contribution >= 4 is 6.41 Å². The third kappa shape index (κ3) is 3.26. The highest BCUT2D eigenvalue weighted by Gasteiger charge is 2.38. The van der Waals surface area contributed by atoms with E-state index >= 15 is 0 Å². The maximum atomic E-state index is 12.7. The summed E-state index contributed by atoms with van der Waals surface area (Å²) >= 11 is 0. The molecule has 5 heteroatoms. The van der Waals surface area contributed by atoms with Crippen molar-refractivity contribution in [3.05, 3.63) is 0 Å². The molecule has 1 rings (SSSR count). The van der Waals surface area contributed by atoms with Gasteiger partial charge in [0.25, 0.3) is 5.92 Å². The fraction of sp³-hybridized carbons (Fsp3) is 0.875. The van der Waals surface area contributed by atoms with Crippen LogP contribution in [0.5, 0.6) is 0 Å². The highest BCUT2D eigenvalue weighted by Crippen LogP contribution is 2.26. The number of nitrogens with one attached hydrogen (secondary N) is 1. The lowest BCUT2D eigenvalue weighted by Crippen LogP contribution is -2.38. The standard InChI is InChI=1S/C8H14F2N2O/c1-7(11-6-13)4-12-3-2-8(9,10)5-12/h6-7H,2-5H2,1H3,(H,11,13)/t7-/m1/s1. The third-order valence-electron chi connectivity index (χ3n) is 2.13. The molecule has 13 heavy (non-hydrogen) atoms. The van der Waals surface area contributed by atoms with Crippen LogP contribution in [0.3, 0.4) is 0 Å². The summed E-state index contributed by atoms with van der Waals surface area (Å²) in [4.78, 5) is 11.7. The van der Waals surface area contributed by atoms with E-state index in [1.807, 2.05) is 0 Å². The number of rotatable bonds is 4. The lowest BCUT2D eigenvalue weighted by atomic mass is 10.3. The summed E-state index contributed by atoms with van der Waals surface area (Å²) < 4.78 is 25.4. The van der Waals surface area contributed by atoms with Crippen molar-refractivity contribution in [1.29, 1.82) is 0 Å². The van der Waals surface area contributed by atoms with Crippen LogP contribution >= 0.6 is 0 Å². The molecule has 0 spiro atoms. The molecule has 0 saturated carbocycles. The Kier molecular flexibility index (Phi) is 3.19. The van der Waals surface area contributed by atoms with Crippen LogP contribution in [-0.2, 0) is 4.79 Å². The minimum Gasteiger partial charge on any atom is -0.355 e. The third-order valence-corrected chi connectivity index (χ3v) is 2.13. The van der Waals surface area contributed by atoms with Gasteiger partial charge in [0.1, 0.15) is 0 Å². The summed E-state index contributed by atoms with van der Waals surface area (Å²) in [6, 6.07) is -0.0635. The van der Waals surface area contributed by atoms with Gasteiger partial charge in [-0.15, -0.1) is 0 Å². The summed E-state index contributed by atoms with van der Waals surface area (Å²) in [5.74, 6) is -2.54. The van der Waals surface area contributed by atoms with Crippen molar-refractivity contribution in [2.45, 2.75) is 25.3 Å². The highest BCUT2D eigenvalue weighted by molar-refractivity contribution is 5.46. The number of carbonyl (C=O) groups is 1. The van der Waals surface area contributed by atoms with Crippen molar-refractivity contribution in [3.8, 4) is 0 Å². The van der Waals surface area contributed by atoms with Gasteiger partial charge in [-0.05, 0) is 6.92 Å². The molecule has 0 radical (unpaired) electrons. The van der Waals surface area contributed by atoms with E-state index in [1.165, 1.54) is 0 Å². The van der Waals surface area contributed by atoms with Gasteiger partial charge in [0.15, 0.2) is 0 Å². The molecular formula is C8H14F2N2O. The molecule has 1 saturated heterocycles. The quantitative estimate of drug-likeness (QED) is 0.656. The average molecular weight is 192 g/mol. The van der Waals surface area contributed by atoms with Gasteiger partial charge in [0.2, 0.25) is 6.41 Å². The van der Waals surface area contributed by atoms with E-state index in [9.17, 15) is 13.6 Å². The highest BCUT2D eigenvalue weighted by atomic mass is 19.3. The van der Waals surface area contributed by atoms with E-state index in [2.05, 4.69) is 5.32 Å². The molecule has 1 atom stereocenters. The molecule has 1 N–H and O–H groups in total. The Bertz CT molecular complexity index is 187. The Morgan fingerprint density at radius 1 is 1.69 bits per heavy atom. The maximum absolute atomic E-state index is 12.7. The predicted octanol–water partition coefficient (Wildman–Crippen LogP) is 0.462. The molecule has 0 aromatic heterocycles. The van der Waals surface area contributed by atoms with Gasteiger partial charge in [0, 0.05) is 25.6 Å². The van der Waals surface area contributed by atoms with Gasteiger partial charge in [-0.1, -0.05) is 0 Å². The molecule has 1 aliphatic rings. The molecule has 1 fully saturated rings. The number of hydrogen-bond acceptors (Lipinski definition) is 2. The summed E-state index contributed by atoms with van der Waals surface area (Å²) in [6.07, 6.45) is 0.527.